The van der Waals surface area contributed by atoms with Crippen LogP contribution in [0.15, 0.2) is 30.9 Å². The highest BCUT2D eigenvalue weighted by Gasteiger charge is 2.11. The van der Waals surface area contributed by atoms with E-state index in [9.17, 15) is 0 Å². The van der Waals surface area contributed by atoms with E-state index in [1.807, 2.05) is 25.3 Å². The zero-order valence-corrected chi connectivity index (χ0v) is 10.7. The summed E-state index contributed by atoms with van der Waals surface area (Å²) in [6, 6.07) is 4.07. The zero-order chi connectivity index (χ0) is 13.0. The number of nitrogens with one attached hydrogen (secondary N) is 1. The maximum atomic E-state index is 5.17. The molecule has 5 heteroatoms. The highest BCUT2D eigenvalue weighted by Crippen LogP contribution is 2.23. The van der Waals surface area contributed by atoms with E-state index in [0.29, 0.717) is 5.88 Å². The molecule has 94 valence electrons. The van der Waals surface area contributed by atoms with Crippen molar-refractivity contribution in [3.8, 4) is 5.88 Å². The lowest BCUT2D eigenvalue weighted by Gasteiger charge is -2.16. The second-order valence-corrected chi connectivity index (χ2v) is 4.01. The van der Waals surface area contributed by atoms with Crippen LogP contribution in [0.1, 0.15) is 24.1 Å². The van der Waals surface area contributed by atoms with E-state index in [1.54, 1.807) is 13.3 Å². The Morgan fingerprint density at radius 2 is 2.17 bits per heavy atom. The number of ether oxygens (including phenoxy) is 1. The second-order valence-electron chi connectivity index (χ2n) is 4.01. The topological polar surface area (TPSA) is 59.9 Å². The van der Waals surface area contributed by atoms with E-state index in [2.05, 4.69) is 27.2 Å². The van der Waals surface area contributed by atoms with E-state index in [-0.39, 0.29) is 6.04 Å². The average molecular weight is 244 g/mol. The molecule has 2 heterocycles. The summed E-state index contributed by atoms with van der Waals surface area (Å²) in [4.78, 5) is 12.4. The SMILES string of the molecule is COc1ncnc(NC(C)c2cccnc2)c1C. The largest absolute Gasteiger partial charge is 0.481 e. The highest BCUT2D eigenvalue weighted by atomic mass is 16.5. The molecule has 0 aliphatic rings. The fourth-order valence-corrected chi connectivity index (χ4v) is 1.71. The minimum atomic E-state index is 0.122. The van der Waals surface area contributed by atoms with E-state index < -0.39 is 0 Å². The van der Waals surface area contributed by atoms with Gasteiger partial charge < -0.3 is 10.1 Å². The Morgan fingerprint density at radius 3 is 2.83 bits per heavy atom. The zero-order valence-electron chi connectivity index (χ0n) is 10.7. The molecule has 1 N–H and O–H groups in total. The molecule has 1 atom stereocenters. The lowest BCUT2D eigenvalue weighted by atomic mass is 10.1. The number of nitrogens with zero attached hydrogens (tertiary/aromatic N) is 3. The van der Waals surface area contributed by atoms with Crippen LogP contribution in [-0.2, 0) is 0 Å². The highest BCUT2D eigenvalue weighted by molar-refractivity contribution is 5.49. The number of rotatable bonds is 4. The van der Waals surface area contributed by atoms with Crippen LogP contribution in [-0.4, -0.2) is 22.1 Å². The normalized spacial score (nSPS) is 11.9. The molecule has 0 bridgehead atoms. The van der Waals surface area contributed by atoms with Crippen LogP contribution in [0.2, 0.25) is 0 Å². The average Bonchev–Trinajstić information content (AvgIpc) is 2.42. The fourth-order valence-electron chi connectivity index (χ4n) is 1.71. The van der Waals surface area contributed by atoms with Crippen molar-refractivity contribution in [1.29, 1.82) is 0 Å². The third-order valence-corrected chi connectivity index (χ3v) is 2.77. The maximum absolute atomic E-state index is 5.17. The van der Waals surface area contributed by atoms with E-state index in [1.165, 1.54) is 6.33 Å². The molecule has 18 heavy (non-hydrogen) atoms. The van der Waals surface area contributed by atoms with E-state index in [4.69, 9.17) is 4.74 Å². The van der Waals surface area contributed by atoms with E-state index in [0.717, 1.165) is 16.9 Å². The van der Waals surface area contributed by atoms with Gasteiger partial charge in [-0.1, -0.05) is 6.07 Å². The van der Waals surface area contributed by atoms with E-state index >= 15 is 0 Å². The van der Waals surface area contributed by atoms with Gasteiger partial charge in [-0.25, -0.2) is 9.97 Å². The molecular weight excluding hydrogens is 228 g/mol. The van der Waals surface area contributed by atoms with Crippen LogP contribution in [0.3, 0.4) is 0 Å². The molecule has 0 aliphatic heterocycles. The van der Waals surface area contributed by atoms with Crippen LogP contribution in [0.5, 0.6) is 5.88 Å². The minimum absolute atomic E-state index is 0.122. The number of pyridine rings is 1. The van der Waals surface area contributed by atoms with Gasteiger partial charge in [-0.3, -0.25) is 4.98 Å². The summed E-state index contributed by atoms with van der Waals surface area (Å²) in [5.74, 6) is 1.36. The molecule has 0 fully saturated rings. The van der Waals surface area contributed by atoms with Gasteiger partial charge in [0.15, 0.2) is 0 Å². The number of hydrogen-bond donors (Lipinski definition) is 1. The van der Waals surface area contributed by atoms with Crippen LogP contribution in [0, 0.1) is 6.92 Å². The summed E-state index contributed by atoms with van der Waals surface area (Å²) in [6.07, 6.45) is 5.09. The molecule has 0 aromatic carbocycles. The van der Waals surface area contributed by atoms with Crippen molar-refractivity contribution < 1.29 is 4.74 Å². The molecule has 0 saturated heterocycles. The van der Waals surface area contributed by atoms with Gasteiger partial charge in [0.1, 0.15) is 12.1 Å². The van der Waals surface area contributed by atoms with Crippen molar-refractivity contribution in [1.82, 2.24) is 15.0 Å². The number of hydrogen-bond acceptors (Lipinski definition) is 5. The molecule has 0 saturated carbocycles. The van der Waals surface area contributed by atoms with Gasteiger partial charge >= 0.3 is 0 Å². The summed E-state index contributed by atoms with van der Waals surface area (Å²) in [5.41, 5.74) is 2.00. The van der Waals surface area contributed by atoms with Crippen LogP contribution in [0.4, 0.5) is 5.82 Å². The second kappa shape index (κ2) is 5.44. The standard InChI is InChI=1S/C13H16N4O/c1-9-12(15-8-16-13(9)18-3)17-10(2)11-5-4-6-14-7-11/h4-8,10H,1-3H3,(H,15,16,17). The lowest BCUT2D eigenvalue weighted by Crippen LogP contribution is -2.10. The van der Waals surface area contributed by atoms with Gasteiger partial charge in [0.25, 0.3) is 0 Å². The Morgan fingerprint density at radius 1 is 1.33 bits per heavy atom. The first-order chi connectivity index (χ1) is 8.72. The molecule has 5 nitrogen and oxygen atoms in total. The van der Waals surface area contributed by atoms with Crippen molar-refractivity contribution in [2.24, 2.45) is 0 Å². The smallest absolute Gasteiger partial charge is 0.221 e. The van der Waals surface area contributed by atoms with Gasteiger partial charge in [-0.05, 0) is 25.5 Å². The molecular formula is C13H16N4O. The lowest BCUT2D eigenvalue weighted by molar-refractivity contribution is 0.393. The van der Waals surface area contributed by atoms with Crippen molar-refractivity contribution in [2.75, 3.05) is 12.4 Å². The quantitative estimate of drug-likeness (QED) is 0.894. The Balaban J connectivity index is 2.19. The maximum Gasteiger partial charge on any atom is 0.221 e. The molecule has 0 spiro atoms. The fraction of sp³-hybridized carbons (Fsp3) is 0.308. The van der Waals surface area contributed by atoms with Crippen molar-refractivity contribution >= 4 is 5.82 Å². The summed E-state index contributed by atoms with van der Waals surface area (Å²) in [7, 11) is 1.60. The van der Waals surface area contributed by atoms with Gasteiger partial charge in [0.2, 0.25) is 5.88 Å². The molecule has 2 rings (SSSR count). The van der Waals surface area contributed by atoms with Crippen LogP contribution >= 0.6 is 0 Å². The Bertz CT molecular complexity index is 516. The Hall–Kier alpha value is -2.17. The molecule has 2 aromatic heterocycles. The van der Waals surface area contributed by atoms with Crippen LogP contribution in [0.25, 0.3) is 0 Å². The molecule has 2 aromatic rings. The minimum Gasteiger partial charge on any atom is -0.481 e. The molecule has 0 amide bonds. The number of methoxy groups -OCH3 is 1. The number of anilines is 1. The third-order valence-electron chi connectivity index (χ3n) is 2.77. The Kier molecular flexibility index (Phi) is 3.72. The first kappa shape index (κ1) is 12.3. The van der Waals surface area contributed by atoms with Gasteiger partial charge in [-0.15, -0.1) is 0 Å². The summed E-state index contributed by atoms with van der Waals surface area (Å²) >= 11 is 0. The predicted molar refractivity (Wildman–Crippen MR) is 69.6 cm³/mol. The first-order valence-electron chi connectivity index (χ1n) is 5.74. The summed E-state index contributed by atoms with van der Waals surface area (Å²) < 4.78 is 5.17. The van der Waals surface area contributed by atoms with Crippen molar-refractivity contribution in [3.63, 3.8) is 0 Å². The predicted octanol–water partition coefficient (Wildman–Crippen LogP) is 2.36. The van der Waals surface area contributed by atoms with Crippen LogP contribution < -0.4 is 10.1 Å². The van der Waals surface area contributed by atoms with Gasteiger partial charge in [-0.2, -0.15) is 0 Å². The van der Waals surface area contributed by atoms with Gasteiger partial charge in [0, 0.05) is 12.4 Å². The Labute approximate surface area is 106 Å². The summed E-state index contributed by atoms with van der Waals surface area (Å²) in [5, 5.41) is 3.33. The number of aromatic nitrogens is 3. The van der Waals surface area contributed by atoms with Gasteiger partial charge in [0.05, 0.1) is 18.7 Å². The monoisotopic (exact) mass is 244 g/mol. The van der Waals surface area contributed by atoms with Crippen molar-refractivity contribution in [2.45, 2.75) is 19.9 Å². The van der Waals surface area contributed by atoms with Crippen molar-refractivity contribution in [3.05, 3.63) is 42.0 Å². The first-order valence-corrected chi connectivity index (χ1v) is 5.74. The molecule has 0 radical (unpaired) electrons. The third kappa shape index (κ3) is 2.56. The summed E-state index contributed by atoms with van der Waals surface area (Å²) in [6.45, 7) is 3.99. The molecule has 0 aliphatic carbocycles. The molecule has 1 unspecified atom stereocenters.